The van der Waals surface area contributed by atoms with Crippen molar-refractivity contribution >= 4 is 29.6 Å². The number of hydrogen-bond acceptors (Lipinski definition) is 4. The van der Waals surface area contributed by atoms with E-state index < -0.39 is 17.9 Å². The highest BCUT2D eigenvalue weighted by Gasteiger charge is 2.19. The van der Waals surface area contributed by atoms with E-state index in [1.807, 2.05) is 42.5 Å². The fourth-order valence-electron chi connectivity index (χ4n) is 3.49. The van der Waals surface area contributed by atoms with Crippen molar-refractivity contribution in [3.8, 4) is 17.1 Å². The quantitative estimate of drug-likeness (QED) is 0.260. The number of carbonyl (C=O) groups excluding carboxylic acids is 1. The SMILES string of the molecule is O=C(C=Cc1ccc(-c2ccc(Cl)cc2)o1)NC(Cc1ccc(OCc2ccccc2)cc1)C(=O)O. The zero-order valence-electron chi connectivity index (χ0n) is 19.3. The average Bonchev–Trinajstić information content (AvgIpc) is 3.37. The number of carboxylic acids is 1. The minimum atomic E-state index is -1.12. The zero-order chi connectivity index (χ0) is 25.3. The molecule has 1 unspecified atom stereocenters. The molecule has 1 heterocycles. The Balaban J connectivity index is 1.31. The molecule has 1 amide bonds. The van der Waals surface area contributed by atoms with E-state index in [4.69, 9.17) is 20.8 Å². The Morgan fingerprint density at radius 3 is 2.33 bits per heavy atom. The summed E-state index contributed by atoms with van der Waals surface area (Å²) in [6.07, 6.45) is 2.88. The summed E-state index contributed by atoms with van der Waals surface area (Å²) in [5.41, 5.74) is 2.67. The minimum absolute atomic E-state index is 0.134. The predicted molar refractivity (Wildman–Crippen MR) is 139 cm³/mol. The molecule has 0 saturated heterocycles. The van der Waals surface area contributed by atoms with Crippen molar-refractivity contribution in [1.82, 2.24) is 5.32 Å². The van der Waals surface area contributed by atoms with Gasteiger partial charge < -0.3 is 19.6 Å². The third-order valence-electron chi connectivity index (χ3n) is 5.38. The monoisotopic (exact) mass is 501 g/mol. The largest absolute Gasteiger partial charge is 0.489 e. The van der Waals surface area contributed by atoms with Crippen LogP contribution in [0.25, 0.3) is 17.4 Å². The van der Waals surface area contributed by atoms with E-state index in [1.165, 1.54) is 12.2 Å². The highest BCUT2D eigenvalue weighted by Crippen LogP contribution is 2.24. The van der Waals surface area contributed by atoms with Crippen LogP contribution >= 0.6 is 11.6 Å². The molecule has 0 aliphatic heterocycles. The smallest absolute Gasteiger partial charge is 0.326 e. The third kappa shape index (κ3) is 7.10. The number of carbonyl (C=O) groups is 2. The molecule has 0 fully saturated rings. The average molecular weight is 502 g/mol. The first-order valence-corrected chi connectivity index (χ1v) is 11.7. The lowest BCUT2D eigenvalue weighted by atomic mass is 10.1. The maximum atomic E-state index is 12.4. The fourth-order valence-corrected chi connectivity index (χ4v) is 3.61. The van der Waals surface area contributed by atoms with E-state index in [1.54, 1.807) is 48.5 Å². The Bertz CT molecular complexity index is 1330. The molecule has 0 radical (unpaired) electrons. The minimum Gasteiger partial charge on any atom is -0.489 e. The van der Waals surface area contributed by atoms with Crippen LogP contribution in [0.15, 0.2) is 101 Å². The number of carboxylic acid groups (broad SMARTS) is 1. The highest BCUT2D eigenvalue weighted by molar-refractivity contribution is 6.30. The van der Waals surface area contributed by atoms with E-state index in [-0.39, 0.29) is 6.42 Å². The first kappa shape index (κ1) is 24.8. The number of nitrogens with one attached hydrogen (secondary N) is 1. The molecule has 0 spiro atoms. The van der Waals surface area contributed by atoms with Crippen molar-refractivity contribution in [3.05, 3.63) is 119 Å². The number of ether oxygens (including phenoxy) is 1. The number of aliphatic carboxylic acids is 1. The lowest BCUT2D eigenvalue weighted by molar-refractivity contribution is -0.141. The molecule has 7 heteroatoms. The molecule has 36 heavy (non-hydrogen) atoms. The molecule has 2 N–H and O–H groups in total. The van der Waals surface area contributed by atoms with Crippen LogP contribution in [0.5, 0.6) is 5.75 Å². The van der Waals surface area contributed by atoms with E-state index in [2.05, 4.69) is 5.32 Å². The van der Waals surface area contributed by atoms with Gasteiger partial charge in [-0.2, -0.15) is 0 Å². The van der Waals surface area contributed by atoms with Crippen LogP contribution in [0.3, 0.4) is 0 Å². The van der Waals surface area contributed by atoms with Gasteiger partial charge in [0.2, 0.25) is 5.91 Å². The van der Waals surface area contributed by atoms with Crippen molar-refractivity contribution in [2.75, 3.05) is 0 Å². The van der Waals surface area contributed by atoms with Gasteiger partial charge in [-0.1, -0.05) is 54.1 Å². The first-order valence-electron chi connectivity index (χ1n) is 11.3. The summed E-state index contributed by atoms with van der Waals surface area (Å²) in [4.78, 5) is 24.1. The first-order chi connectivity index (χ1) is 17.5. The van der Waals surface area contributed by atoms with Gasteiger partial charge >= 0.3 is 5.97 Å². The van der Waals surface area contributed by atoms with Gasteiger partial charge in [-0.05, 0) is 65.7 Å². The molecule has 0 bridgehead atoms. The summed E-state index contributed by atoms with van der Waals surface area (Å²) in [7, 11) is 0. The van der Waals surface area contributed by atoms with Gasteiger partial charge in [-0.25, -0.2) is 4.79 Å². The van der Waals surface area contributed by atoms with E-state index >= 15 is 0 Å². The van der Waals surface area contributed by atoms with E-state index in [0.29, 0.717) is 28.9 Å². The van der Waals surface area contributed by atoms with Gasteiger partial charge in [-0.15, -0.1) is 0 Å². The second-order valence-electron chi connectivity index (χ2n) is 8.06. The molecule has 182 valence electrons. The van der Waals surface area contributed by atoms with Crippen molar-refractivity contribution in [2.45, 2.75) is 19.1 Å². The van der Waals surface area contributed by atoms with Crippen LogP contribution in [0.1, 0.15) is 16.9 Å². The van der Waals surface area contributed by atoms with Crippen molar-refractivity contribution in [1.29, 1.82) is 0 Å². The van der Waals surface area contributed by atoms with Crippen LogP contribution in [-0.2, 0) is 22.6 Å². The Labute approximate surface area is 213 Å². The maximum Gasteiger partial charge on any atom is 0.326 e. The van der Waals surface area contributed by atoms with Crippen molar-refractivity contribution < 1.29 is 23.8 Å². The summed E-state index contributed by atoms with van der Waals surface area (Å²) in [6.45, 7) is 0.442. The van der Waals surface area contributed by atoms with Gasteiger partial charge in [0.05, 0.1) is 0 Å². The lowest BCUT2D eigenvalue weighted by Gasteiger charge is -2.14. The highest BCUT2D eigenvalue weighted by atomic mass is 35.5. The standard InChI is InChI=1S/C29H24ClNO5/c30-23-10-8-22(9-11-23)27-16-14-25(36-27)15-17-28(32)31-26(29(33)34)18-20-6-12-24(13-7-20)35-19-21-4-2-1-3-5-21/h1-17,26H,18-19H2,(H,31,32)(H,33,34). The number of amides is 1. The Kier molecular flexibility index (Phi) is 8.21. The summed E-state index contributed by atoms with van der Waals surface area (Å²) >= 11 is 5.91. The molecule has 1 aromatic heterocycles. The number of benzene rings is 3. The van der Waals surface area contributed by atoms with Crippen LogP contribution in [0.2, 0.25) is 5.02 Å². The van der Waals surface area contributed by atoms with Crippen molar-refractivity contribution in [2.24, 2.45) is 0 Å². The number of furan rings is 1. The molecule has 0 saturated carbocycles. The van der Waals surface area contributed by atoms with Gasteiger partial charge in [0.25, 0.3) is 0 Å². The van der Waals surface area contributed by atoms with Crippen molar-refractivity contribution in [3.63, 3.8) is 0 Å². The number of halogens is 1. The Morgan fingerprint density at radius 2 is 1.64 bits per heavy atom. The lowest BCUT2D eigenvalue weighted by Crippen LogP contribution is -2.41. The van der Waals surface area contributed by atoms with Gasteiger partial charge in [0.15, 0.2) is 0 Å². The normalized spacial score (nSPS) is 11.8. The molecule has 6 nitrogen and oxygen atoms in total. The number of hydrogen-bond donors (Lipinski definition) is 2. The van der Waals surface area contributed by atoms with E-state index in [0.717, 1.165) is 16.7 Å². The maximum absolute atomic E-state index is 12.4. The molecular weight excluding hydrogens is 478 g/mol. The van der Waals surface area contributed by atoms with Gasteiger partial charge in [0.1, 0.15) is 29.9 Å². The summed E-state index contributed by atoms with van der Waals surface area (Å²) < 4.78 is 11.5. The summed E-state index contributed by atoms with van der Waals surface area (Å²) in [6, 6.07) is 26.6. The fraction of sp³-hybridized carbons (Fsp3) is 0.103. The van der Waals surface area contributed by atoms with Crippen LogP contribution < -0.4 is 10.1 Å². The molecule has 3 aromatic carbocycles. The zero-order valence-corrected chi connectivity index (χ0v) is 20.0. The van der Waals surface area contributed by atoms with Crippen LogP contribution in [0, 0.1) is 0 Å². The van der Waals surface area contributed by atoms with Gasteiger partial charge in [0, 0.05) is 23.1 Å². The predicted octanol–water partition coefficient (Wildman–Crippen LogP) is 6.00. The Hall–Kier alpha value is -4.29. The second-order valence-corrected chi connectivity index (χ2v) is 8.50. The third-order valence-corrected chi connectivity index (χ3v) is 5.63. The summed E-state index contributed by atoms with van der Waals surface area (Å²) in [5.74, 6) is 0.121. The molecule has 4 aromatic rings. The summed E-state index contributed by atoms with van der Waals surface area (Å²) in [5, 5.41) is 12.7. The number of rotatable bonds is 10. The Morgan fingerprint density at radius 1 is 0.917 bits per heavy atom. The van der Waals surface area contributed by atoms with Crippen LogP contribution in [-0.4, -0.2) is 23.0 Å². The van der Waals surface area contributed by atoms with E-state index in [9.17, 15) is 14.7 Å². The molecule has 0 aliphatic carbocycles. The molecule has 0 aliphatic rings. The van der Waals surface area contributed by atoms with Gasteiger partial charge in [-0.3, -0.25) is 4.79 Å². The molecule has 1 atom stereocenters. The molecular formula is C29H24ClNO5. The second kappa shape index (κ2) is 11.9. The van der Waals surface area contributed by atoms with Crippen LogP contribution in [0.4, 0.5) is 0 Å². The topological polar surface area (TPSA) is 88.8 Å². The molecule has 4 rings (SSSR count).